The van der Waals surface area contributed by atoms with Crippen molar-refractivity contribution >= 4 is 0 Å². The summed E-state index contributed by atoms with van der Waals surface area (Å²) in [7, 11) is 0. The number of hydrogen-bond acceptors (Lipinski definition) is 2. The molecule has 1 heterocycles. The SMILES string of the molecule is CC1CCN(C(C)(CN)Cc2ccccc2)C1. The molecule has 0 aromatic heterocycles. The van der Waals surface area contributed by atoms with E-state index in [4.69, 9.17) is 5.73 Å². The lowest BCUT2D eigenvalue weighted by Gasteiger charge is -2.38. The monoisotopic (exact) mass is 232 g/mol. The third-order valence-electron chi connectivity index (χ3n) is 4.05. The minimum Gasteiger partial charge on any atom is -0.329 e. The first kappa shape index (κ1) is 12.6. The Morgan fingerprint density at radius 2 is 2.06 bits per heavy atom. The van der Waals surface area contributed by atoms with Crippen molar-refractivity contribution in [1.82, 2.24) is 4.90 Å². The number of benzene rings is 1. The van der Waals surface area contributed by atoms with Crippen LogP contribution < -0.4 is 5.73 Å². The molecule has 1 aromatic rings. The van der Waals surface area contributed by atoms with Crippen LogP contribution in [0.5, 0.6) is 0 Å². The highest BCUT2D eigenvalue weighted by molar-refractivity contribution is 5.18. The molecule has 2 unspecified atom stereocenters. The zero-order valence-corrected chi connectivity index (χ0v) is 11.0. The molecule has 1 aliphatic heterocycles. The minimum atomic E-state index is 0.117. The van der Waals surface area contributed by atoms with E-state index in [0.29, 0.717) is 0 Å². The molecule has 0 spiro atoms. The van der Waals surface area contributed by atoms with Gasteiger partial charge in [0.2, 0.25) is 0 Å². The van der Waals surface area contributed by atoms with E-state index in [2.05, 4.69) is 49.1 Å². The fraction of sp³-hybridized carbons (Fsp3) is 0.600. The van der Waals surface area contributed by atoms with Gasteiger partial charge in [-0.25, -0.2) is 0 Å². The molecular weight excluding hydrogens is 208 g/mol. The maximum Gasteiger partial charge on any atom is 0.0343 e. The molecular formula is C15H24N2. The molecule has 0 saturated carbocycles. The van der Waals surface area contributed by atoms with Crippen molar-refractivity contribution < 1.29 is 0 Å². The molecule has 0 bridgehead atoms. The van der Waals surface area contributed by atoms with Crippen LogP contribution in [0.4, 0.5) is 0 Å². The van der Waals surface area contributed by atoms with Crippen LogP contribution in [0.25, 0.3) is 0 Å². The average molecular weight is 232 g/mol. The summed E-state index contributed by atoms with van der Waals surface area (Å²) in [5.74, 6) is 0.816. The molecule has 0 amide bonds. The Bertz CT molecular complexity index is 349. The highest BCUT2D eigenvalue weighted by Gasteiger charge is 2.34. The molecule has 1 aliphatic rings. The third-order valence-corrected chi connectivity index (χ3v) is 4.05. The normalized spacial score (nSPS) is 24.8. The molecule has 0 radical (unpaired) electrons. The summed E-state index contributed by atoms with van der Waals surface area (Å²) >= 11 is 0. The number of hydrogen-bond donors (Lipinski definition) is 1. The Labute approximate surface area is 105 Å². The first-order valence-corrected chi connectivity index (χ1v) is 6.63. The van der Waals surface area contributed by atoms with Gasteiger partial charge in [0.15, 0.2) is 0 Å². The lowest BCUT2D eigenvalue weighted by Crippen LogP contribution is -2.52. The topological polar surface area (TPSA) is 29.3 Å². The van der Waals surface area contributed by atoms with Crippen molar-refractivity contribution in [3.05, 3.63) is 35.9 Å². The molecule has 2 nitrogen and oxygen atoms in total. The Balaban J connectivity index is 2.09. The fourth-order valence-corrected chi connectivity index (χ4v) is 2.77. The zero-order chi connectivity index (χ0) is 12.3. The van der Waals surface area contributed by atoms with Gasteiger partial charge in [0.05, 0.1) is 0 Å². The predicted molar refractivity (Wildman–Crippen MR) is 73.0 cm³/mol. The lowest BCUT2D eigenvalue weighted by atomic mass is 9.91. The Morgan fingerprint density at radius 3 is 2.59 bits per heavy atom. The van der Waals surface area contributed by atoms with Gasteiger partial charge in [0, 0.05) is 18.6 Å². The molecule has 2 N–H and O–H groups in total. The standard InChI is InChI=1S/C15H24N2/c1-13-8-9-17(11-13)15(2,12-16)10-14-6-4-3-5-7-14/h3-7,13H,8-12,16H2,1-2H3. The van der Waals surface area contributed by atoms with Gasteiger partial charge < -0.3 is 5.73 Å². The minimum absolute atomic E-state index is 0.117. The third kappa shape index (κ3) is 2.88. The number of likely N-dealkylation sites (tertiary alicyclic amines) is 1. The van der Waals surface area contributed by atoms with Gasteiger partial charge in [-0.05, 0) is 37.8 Å². The van der Waals surface area contributed by atoms with E-state index >= 15 is 0 Å². The van der Waals surface area contributed by atoms with Gasteiger partial charge in [0.1, 0.15) is 0 Å². The van der Waals surface area contributed by atoms with Crippen molar-refractivity contribution in [2.45, 2.75) is 32.2 Å². The quantitative estimate of drug-likeness (QED) is 0.863. The van der Waals surface area contributed by atoms with Crippen molar-refractivity contribution in [3.63, 3.8) is 0 Å². The van der Waals surface area contributed by atoms with Gasteiger partial charge in [-0.15, -0.1) is 0 Å². The molecule has 2 atom stereocenters. The Hall–Kier alpha value is -0.860. The van der Waals surface area contributed by atoms with Gasteiger partial charge in [-0.2, -0.15) is 0 Å². The summed E-state index contributed by atoms with van der Waals surface area (Å²) in [5, 5.41) is 0. The Morgan fingerprint density at radius 1 is 1.35 bits per heavy atom. The van der Waals surface area contributed by atoms with Crippen molar-refractivity contribution in [1.29, 1.82) is 0 Å². The van der Waals surface area contributed by atoms with E-state index in [9.17, 15) is 0 Å². The maximum atomic E-state index is 6.04. The summed E-state index contributed by atoms with van der Waals surface area (Å²) in [6.45, 7) is 7.76. The van der Waals surface area contributed by atoms with Crippen LogP contribution in [0.1, 0.15) is 25.8 Å². The smallest absolute Gasteiger partial charge is 0.0343 e. The average Bonchev–Trinajstić information content (AvgIpc) is 2.78. The van der Waals surface area contributed by atoms with E-state index in [1.807, 2.05) is 0 Å². The van der Waals surface area contributed by atoms with Crippen LogP contribution in [0.3, 0.4) is 0 Å². The van der Waals surface area contributed by atoms with Crippen LogP contribution in [0.2, 0.25) is 0 Å². The summed E-state index contributed by atoms with van der Waals surface area (Å²) in [6.07, 6.45) is 2.36. The van der Waals surface area contributed by atoms with Crippen molar-refractivity contribution in [2.75, 3.05) is 19.6 Å². The van der Waals surface area contributed by atoms with Crippen LogP contribution in [-0.2, 0) is 6.42 Å². The summed E-state index contributed by atoms with van der Waals surface area (Å²) in [5.41, 5.74) is 7.54. The van der Waals surface area contributed by atoms with E-state index in [1.165, 1.54) is 25.1 Å². The van der Waals surface area contributed by atoms with Gasteiger partial charge in [0.25, 0.3) is 0 Å². The molecule has 2 rings (SSSR count). The molecule has 1 aromatic carbocycles. The number of rotatable bonds is 4. The highest BCUT2D eigenvalue weighted by Crippen LogP contribution is 2.27. The second-order valence-electron chi connectivity index (χ2n) is 5.70. The van der Waals surface area contributed by atoms with E-state index < -0.39 is 0 Å². The van der Waals surface area contributed by atoms with E-state index in [0.717, 1.165) is 18.9 Å². The van der Waals surface area contributed by atoms with Gasteiger partial charge >= 0.3 is 0 Å². The van der Waals surface area contributed by atoms with Crippen molar-refractivity contribution in [3.8, 4) is 0 Å². The first-order valence-electron chi connectivity index (χ1n) is 6.63. The molecule has 2 heteroatoms. The molecule has 0 aliphatic carbocycles. The van der Waals surface area contributed by atoms with Crippen LogP contribution in [0.15, 0.2) is 30.3 Å². The van der Waals surface area contributed by atoms with Crippen molar-refractivity contribution in [2.24, 2.45) is 11.7 Å². The first-order chi connectivity index (χ1) is 8.14. The Kier molecular flexibility index (Phi) is 3.85. The highest BCUT2D eigenvalue weighted by atomic mass is 15.2. The fourth-order valence-electron chi connectivity index (χ4n) is 2.77. The molecule has 1 saturated heterocycles. The van der Waals surface area contributed by atoms with E-state index in [1.54, 1.807) is 0 Å². The zero-order valence-electron chi connectivity index (χ0n) is 11.0. The largest absolute Gasteiger partial charge is 0.329 e. The molecule has 1 fully saturated rings. The number of nitrogens with two attached hydrogens (primary N) is 1. The summed E-state index contributed by atoms with van der Waals surface area (Å²) < 4.78 is 0. The van der Waals surface area contributed by atoms with E-state index in [-0.39, 0.29) is 5.54 Å². The second-order valence-corrected chi connectivity index (χ2v) is 5.70. The van der Waals surface area contributed by atoms with Crippen LogP contribution >= 0.6 is 0 Å². The van der Waals surface area contributed by atoms with Gasteiger partial charge in [-0.1, -0.05) is 37.3 Å². The summed E-state index contributed by atoms with van der Waals surface area (Å²) in [4.78, 5) is 2.57. The van der Waals surface area contributed by atoms with Gasteiger partial charge in [-0.3, -0.25) is 4.90 Å². The maximum absolute atomic E-state index is 6.04. The van der Waals surface area contributed by atoms with Crippen LogP contribution in [0, 0.1) is 5.92 Å². The molecule has 17 heavy (non-hydrogen) atoms. The number of nitrogens with zero attached hydrogens (tertiary/aromatic N) is 1. The van der Waals surface area contributed by atoms with Crippen LogP contribution in [-0.4, -0.2) is 30.1 Å². The predicted octanol–water partition coefficient (Wildman–Crippen LogP) is 2.29. The molecule has 94 valence electrons. The second kappa shape index (κ2) is 5.19. The lowest BCUT2D eigenvalue weighted by molar-refractivity contribution is 0.138. The summed E-state index contributed by atoms with van der Waals surface area (Å²) in [6, 6.07) is 10.7.